The van der Waals surface area contributed by atoms with Crippen molar-refractivity contribution in [2.75, 3.05) is 21.3 Å². The Morgan fingerprint density at radius 1 is 0.966 bits per heavy atom. The molecule has 0 atom stereocenters. The zero-order chi connectivity index (χ0) is 20.8. The maximum absolute atomic E-state index is 13.6. The van der Waals surface area contributed by atoms with Gasteiger partial charge >= 0.3 is 0 Å². The van der Waals surface area contributed by atoms with Crippen LogP contribution in [0.5, 0.6) is 17.2 Å². The third-order valence-electron chi connectivity index (χ3n) is 4.39. The van der Waals surface area contributed by atoms with Gasteiger partial charge in [-0.3, -0.25) is 4.79 Å². The quantitative estimate of drug-likeness (QED) is 0.566. The predicted molar refractivity (Wildman–Crippen MR) is 105 cm³/mol. The molecule has 1 amide bonds. The molecular formula is C22H22FNO5. The first kappa shape index (κ1) is 20.3. The van der Waals surface area contributed by atoms with E-state index in [4.69, 9.17) is 18.6 Å². The molecule has 0 saturated heterocycles. The molecule has 0 spiro atoms. The van der Waals surface area contributed by atoms with Crippen molar-refractivity contribution >= 4 is 5.91 Å². The molecule has 0 saturated carbocycles. The van der Waals surface area contributed by atoms with Gasteiger partial charge in [0, 0.05) is 12.1 Å². The molecule has 0 fully saturated rings. The second-order valence-electron chi connectivity index (χ2n) is 6.28. The van der Waals surface area contributed by atoms with E-state index in [0.717, 1.165) is 0 Å². The molecule has 29 heavy (non-hydrogen) atoms. The largest absolute Gasteiger partial charge is 0.493 e. The highest BCUT2D eigenvalue weighted by Gasteiger charge is 2.22. The molecule has 0 N–H and O–H groups in total. The van der Waals surface area contributed by atoms with Crippen LogP contribution in [-0.2, 0) is 13.1 Å². The lowest BCUT2D eigenvalue weighted by molar-refractivity contribution is 0.0716. The molecule has 7 heteroatoms. The standard InChI is InChI=1S/C22H22FNO5/c1-26-19-11-16(12-20(27-2)21(19)28-3)22(25)24(14-18-8-5-9-29-18)13-15-6-4-7-17(23)10-15/h4-12H,13-14H2,1-3H3. The van der Waals surface area contributed by atoms with E-state index >= 15 is 0 Å². The molecule has 2 aromatic carbocycles. The maximum Gasteiger partial charge on any atom is 0.254 e. The number of rotatable bonds is 8. The lowest BCUT2D eigenvalue weighted by Crippen LogP contribution is -2.30. The summed E-state index contributed by atoms with van der Waals surface area (Å²) in [5, 5.41) is 0. The molecule has 0 unspecified atom stereocenters. The molecular weight excluding hydrogens is 377 g/mol. The van der Waals surface area contributed by atoms with E-state index in [0.29, 0.717) is 34.1 Å². The lowest BCUT2D eigenvalue weighted by atomic mass is 10.1. The van der Waals surface area contributed by atoms with Crippen molar-refractivity contribution in [2.24, 2.45) is 0 Å². The molecule has 1 heterocycles. The molecule has 0 aliphatic carbocycles. The number of ether oxygens (including phenoxy) is 3. The van der Waals surface area contributed by atoms with E-state index < -0.39 is 0 Å². The molecule has 0 radical (unpaired) electrons. The van der Waals surface area contributed by atoms with E-state index in [-0.39, 0.29) is 24.8 Å². The summed E-state index contributed by atoms with van der Waals surface area (Å²) in [4.78, 5) is 14.9. The highest BCUT2D eigenvalue weighted by molar-refractivity contribution is 5.95. The maximum atomic E-state index is 13.6. The normalized spacial score (nSPS) is 10.5. The van der Waals surface area contributed by atoms with Gasteiger partial charge in [-0.05, 0) is 42.0 Å². The molecule has 152 valence electrons. The molecule has 0 bridgehead atoms. The molecule has 0 aliphatic rings. The second kappa shape index (κ2) is 9.14. The fraction of sp³-hybridized carbons (Fsp3) is 0.227. The first-order chi connectivity index (χ1) is 14.0. The summed E-state index contributed by atoms with van der Waals surface area (Å²) < 4.78 is 35.0. The summed E-state index contributed by atoms with van der Waals surface area (Å²) >= 11 is 0. The molecule has 3 rings (SSSR count). The van der Waals surface area contributed by atoms with Crippen LogP contribution in [0.25, 0.3) is 0 Å². The van der Waals surface area contributed by atoms with Crippen LogP contribution in [0, 0.1) is 5.82 Å². The fourth-order valence-corrected chi connectivity index (χ4v) is 3.03. The van der Waals surface area contributed by atoms with Gasteiger partial charge in [-0.2, -0.15) is 0 Å². The van der Waals surface area contributed by atoms with Crippen molar-refractivity contribution < 1.29 is 27.8 Å². The van der Waals surface area contributed by atoms with Crippen LogP contribution in [0.3, 0.4) is 0 Å². The van der Waals surface area contributed by atoms with Crippen molar-refractivity contribution in [2.45, 2.75) is 13.1 Å². The number of hydrogen-bond acceptors (Lipinski definition) is 5. The van der Waals surface area contributed by atoms with Gasteiger partial charge in [-0.1, -0.05) is 12.1 Å². The average molecular weight is 399 g/mol. The number of methoxy groups -OCH3 is 3. The summed E-state index contributed by atoms with van der Waals surface area (Å²) in [6.45, 7) is 0.424. The van der Waals surface area contributed by atoms with Crippen molar-refractivity contribution in [1.82, 2.24) is 4.90 Å². The predicted octanol–water partition coefficient (Wildman–Crippen LogP) is 4.29. The Bertz CT molecular complexity index is 946. The lowest BCUT2D eigenvalue weighted by Gasteiger charge is -2.23. The monoisotopic (exact) mass is 399 g/mol. The van der Waals surface area contributed by atoms with E-state index in [1.807, 2.05) is 0 Å². The third-order valence-corrected chi connectivity index (χ3v) is 4.39. The Morgan fingerprint density at radius 3 is 2.24 bits per heavy atom. The second-order valence-corrected chi connectivity index (χ2v) is 6.28. The molecule has 6 nitrogen and oxygen atoms in total. The average Bonchev–Trinajstić information content (AvgIpc) is 3.24. The number of hydrogen-bond donors (Lipinski definition) is 0. The minimum absolute atomic E-state index is 0.202. The summed E-state index contributed by atoms with van der Waals surface area (Å²) in [6, 6.07) is 12.8. The Balaban J connectivity index is 1.97. The Kier molecular flexibility index (Phi) is 6.39. The number of carbonyl (C=O) groups excluding carboxylic acids is 1. The van der Waals surface area contributed by atoms with Crippen LogP contribution in [0.15, 0.2) is 59.2 Å². The summed E-state index contributed by atoms with van der Waals surface area (Å²) in [5.41, 5.74) is 1.01. The molecule has 3 aromatic rings. The van der Waals surface area contributed by atoms with Crippen molar-refractivity contribution in [3.8, 4) is 17.2 Å². The van der Waals surface area contributed by atoms with Crippen LogP contribution >= 0.6 is 0 Å². The Labute approximate surface area is 168 Å². The van der Waals surface area contributed by atoms with Crippen molar-refractivity contribution in [1.29, 1.82) is 0 Å². The van der Waals surface area contributed by atoms with Gasteiger partial charge in [-0.15, -0.1) is 0 Å². The SMILES string of the molecule is COc1cc(C(=O)N(Cc2cccc(F)c2)Cc2ccco2)cc(OC)c1OC. The topological polar surface area (TPSA) is 61.1 Å². The zero-order valence-corrected chi connectivity index (χ0v) is 16.5. The van der Waals surface area contributed by atoms with Gasteiger partial charge in [0.1, 0.15) is 11.6 Å². The van der Waals surface area contributed by atoms with Crippen LogP contribution < -0.4 is 14.2 Å². The van der Waals surface area contributed by atoms with E-state index in [9.17, 15) is 9.18 Å². The Morgan fingerprint density at radius 2 is 1.69 bits per heavy atom. The van der Waals surface area contributed by atoms with E-state index in [2.05, 4.69) is 0 Å². The minimum Gasteiger partial charge on any atom is -0.493 e. The van der Waals surface area contributed by atoms with Crippen LogP contribution in [0.2, 0.25) is 0 Å². The Hall–Kier alpha value is -3.48. The number of furan rings is 1. The van der Waals surface area contributed by atoms with E-state index in [1.165, 1.54) is 33.5 Å². The van der Waals surface area contributed by atoms with Gasteiger partial charge in [0.2, 0.25) is 5.75 Å². The highest BCUT2D eigenvalue weighted by atomic mass is 19.1. The van der Waals surface area contributed by atoms with Crippen molar-refractivity contribution in [3.63, 3.8) is 0 Å². The van der Waals surface area contributed by atoms with Gasteiger partial charge < -0.3 is 23.5 Å². The van der Waals surface area contributed by atoms with Crippen LogP contribution in [0.1, 0.15) is 21.7 Å². The fourth-order valence-electron chi connectivity index (χ4n) is 3.03. The molecule has 0 aliphatic heterocycles. The van der Waals surface area contributed by atoms with Crippen LogP contribution in [-0.4, -0.2) is 32.1 Å². The van der Waals surface area contributed by atoms with Gasteiger partial charge in [0.25, 0.3) is 5.91 Å². The smallest absolute Gasteiger partial charge is 0.254 e. The first-order valence-corrected chi connectivity index (χ1v) is 8.91. The number of carbonyl (C=O) groups is 1. The third kappa shape index (κ3) is 4.68. The van der Waals surface area contributed by atoms with Crippen molar-refractivity contribution in [3.05, 3.63) is 77.5 Å². The number of amides is 1. The number of benzene rings is 2. The zero-order valence-electron chi connectivity index (χ0n) is 16.5. The number of halogens is 1. The molecule has 1 aromatic heterocycles. The first-order valence-electron chi connectivity index (χ1n) is 8.91. The number of nitrogens with zero attached hydrogens (tertiary/aromatic N) is 1. The summed E-state index contributed by atoms with van der Waals surface area (Å²) in [6.07, 6.45) is 1.54. The van der Waals surface area contributed by atoms with Crippen LogP contribution in [0.4, 0.5) is 4.39 Å². The van der Waals surface area contributed by atoms with Gasteiger partial charge in [0.05, 0.1) is 34.1 Å². The van der Waals surface area contributed by atoms with E-state index in [1.54, 1.807) is 47.6 Å². The minimum atomic E-state index is -0.360. The van der Waals surface area contributed by atoms with Gasteiger partial charge in [-0.25, -0.2) is 4.39 Å². The highest BCUT2D eigenvalue weighted by Crippen LogP contribution is 2.38. The summed E-state index contributed by atoms with van der Waals surface area (Å²) in [5.74, 6) is 1.11. The van der Waals surface area contributed by atoms with Gasteiger partial charge in [0.15, 0.2) is 11.5 Å². The summed E-state index contributed by atoms with van der Waals surface area (Å²) in [7, 11) is 4.47.